The van der Waals surface area contributed by atoms with E-state index in [-0.39, 0.29) is 42.0 Å². The normalized spacial score (nSPS) is 24.0. The summed E-state index contributed by atoms with van der Waals surface area (Å²) in [6.07, 6.45) is 4.04. The van der Waals surface area contributed by atoms with Crippen molar-refractivity contribution in [2.24, 2.45) is 29.4 Å². The summed E-state index contributed by atoms with van der Waals surface area (Å²) in [5.74, 6) is -0.513. The Balaban J connectivity index is 2.56. The lowest BCUT2D eigenvalue weighted by Gasteiger charge is -2.32. The fourth-order valence-electron chi connectivity index (χ4n) is 3.94. The molecule has 0 aliphatic heterocycles. The van der Waals surface area contributed by atoms with E-state index in [9.17, 15) is 24.2 Å². The highest BCUT2D eigenvalue weighted by molar-refractivity contribution is 7.38. The van der Waals surface area contributed by atoms with Crippen LogP contribution >= 0.6 is 8.03 Å². The zero-order valence-corrected chi connectivity index (χ0v) is 19.2. The van der Waals surface area contributed by atoms with Crippen LogP contribution in [0.25, 0.3) is 0 Å². The number of aliphatic hydroxyl groups excluding tert-OH is 1. The Morgan fingerprint density at radius 3 is 2.17 bits per heavy atom. The molecule has 1 rings (SSSR count). The van der Waals surface area contributed by atoms with Crippen molar-refractivity contribution in [3.63, 3.8) is 0 Å². The third-order valence-corrected chi connectivity index (χ3v) is 6.73. The lowest BCUT2D eigenvalue weighted by molar-refractivity contribution is -0.131. The van der Waals surface area contributed by atoms with Crippen LogP contribution in [0.3, 0.4) is 0 Å². The van der Waals surface area contributed by atoms with Crippen molar-refractivity contribution < 1.29 is 24.2 Å². The van der Waals surface area contributed by atoms with Crippen LogP contribution in [0.5, 0.6) is 0 Å². The number of rotatable bonds is 11. The van der Waals surface area contributed by atoms with E-state index in [0.29, 0.717) is 12.6 Å². The second-order valence-electron chi connectivity index (χ2n) is 9.04. The minimum absolute atomic E-state index is 0.0361. The molecule has 0 bridgehead atoms. The summed E-state index contributed by atoms with van der Waals surface area (Å²) >= 11 is 0. The number of aliphatic hydroxyl groups is 1. The highest BCUT2D eigenvalue weighted by Gasteiger charge is 2.30. The standard InChI is InChI=1S/C20H40N3O5P/c1-12(2)17(21)19(25)23-18(13(3)4)20(26)22-10-16(24)9-14-7-5-6-8-15(14)11-29(27)28/h12-18,24,29H,5-11,21H2,1-4H3,(H,22,26)(H,23,25)(H,27,28)/t14?,15?,16-,17+,18+/m1/s1. The van der Waals surface area contributed by atoms with Gasteiger partial charge in [0.05, 0.1) is 12.1 Å². The second kappa shape index (κ2) is 12.7. The van der Waals surface area contributed by atoms with E-state index in [4.69, 9.17) is 5.73 Å². The Morgan fingerprint density at radius 2 is 1.66 bits per heavy atom. The average molecular weight is 434 g/mol. The Labute approximate surface area is 175 Å². The largest absolute Gasteiger partial charge is 0.391 e. The van der Waals surface area contributed by atoms with Crippen molar-refractivity contribution >= 4 is 19.8 Å². The van der Waals surface area contributed by atoms with Crippen molar-refractivity contribution in [2.45, 2.75) is 78.0 Å². The van der Waals surface area contributed by atoms with E-state index >= 15 is 0 Å². The van der Waals surface area contributed by atoms with Crippen molar-refractivity contribution in [3.8, 4) is 0 Å². The molecule has 0 aromatic heterocycles. The lowest BCUT2D eigenvalue weighted by Crippen LogP contribution is -2.55. The summed E-state index contributed by atoms with van der Waals surface area (Å²) in [6, 6.07) is -1.40. The van der Waals surface area contributed by atoms with Crippen LogP contribution in [0.2, 0.25) is 0 Å². The molecule has 6 N–H and O–H groups in total. The first-order valence-electron chi connectivity index (χ1n) is 10.8. The second-order valence-corrected chi connectivity index (χ2v) is 10.2. The molecule has 1 saturated carbocycles. The topological polar surface area (TPSA) is 142 Å². The molecule has 6 atom stereocenters. The third kappa shape index (κ3) is 9.16. The van der Waals surface area contributed by atoms with Crippen molar-refractivity contribution in [1.29, 1.82) is 0 Å². The van der Waals surface area contributed by atoms with E-state index in [1.165, 1.54) is 0 Å². The molecule has 29 heavy (non-hydrogen) atoms. The molecule has 3 unspecified atom stereocenters. The van der Waals surface area contributed by atoms with Gasteiger partial charge in [-0.2, -0.15) is 0 Å². The summed E-state index contributed by atoms with van der Waals surface area (Å²) in [5, 5.41) is 15.9. The monoisotopic (exact) mass is 433 g/mol. The fourth-order valence-corrected chi connectivity index (χ4v) is 4.92. The number of amides is 2. The van der Waals surface area contributed by atoms with Gasteiger partial charge in [0.15, 0.2) is 8.03 Å². The Hall–Kier alpha value is -0.950. The highest BCUT2D eigenvalue weighted by atomic mass is 31.1. The molecule has 0 aromatic rings. The van der Waals surface area contributed by atoms with Gasteiger partial charge in [-0.1, -0.05) is 47.0 Å². The Morgan fingerprint density at radius 1 is 1.07 bits per heavy atom. The Kier molecular flexibility index (Phi) is 11.4. The van der Waals surface area contributed by atoms with Crippen molar-refractivity contribution in [3.05, 3.63) is 0 Å². The first kappa shape index (κ1) is 26.1. The van der Waals surface area contributed by atoms with Crippen LogP contribution in [-0.2, 0) is 14.2 Å². The van der Waals surface area contributed by atoms with Gasteiger partial charge in [-0.15, -0.1) is 0 Å². The minimum Gasteiger partial charge on any atom is -0.391 e. The van der Waals surface area contributed by atoms with Crippen molar-refractivity contribution in [1.82, 2.24) is 10.6 Å². The number of hydrogen-bond acceptors (Lipinski definition) is 5. The summed E-state index contributed by atoms with van der Waals surface area (Å²) < 4.78 is 11.3. The van der Waals surface area contributed by atoms with Crippen molar-refractivity contribution in [2.75, 3.05) is 12.7 Å². The first-order valence-corrected chi connectivity index (χ1v) is 12.3. The molecule has 1 fully saturated rings. The molecule has 9 heteroatoms. The lowest BCUT2D eigenvalue weighted by atomic mass is 9.77. The third-order valence-electron chi connectivity index (χ3n) is 5.86. The summed E-state index contributed by atoms with van der Waals surface area (Å²) in [6.45, 7) is 7.46. The van der Waals surface area contributed by atoms with Gasteiger partial charge < -0.3 is 26.4 Å². The maximum absolute atomic E-state index is 12.6. The van der Waals surface area contributed by atoms with Gasteiger partial charge in [-0.3, -0.25) is 14.2 Å². The smallest absolute Gasteiger partial charge is 0.242 e. The maximum atomic E-state index is 12.6. The molecule has 2 amide bonds. The van der Waals surface area contributed by atoms with Crippen LogP contribution < -0.4 is 16.4 Å². The summed E-state index contributed by atoms with van der Waals surface area (Å²) in [4.78, 5) is 34.1. The minimum atomic E-state index is -2.52. The molecule has 170 valence electrons. The number of carbonyl (C=O) groups excluding carboxylic acids is 2. The fraction of sp³-hybridized carbons (Fsp3) is 0.900. The van der Waals surface area contributed by atoms with E-state index in [1.807, 2.05) is 27.7 Å². The van der Waals surface area contributed by atoms with Crippen LogP contribution in [0.15, 0.2) is 0 Å². The van der Waals surface area contributed by atoms with Gasteiger partial charge in [-0.05, 0) is 36.5 Å². The highest BCUT2D eigenvalue weighted by Crippen LogP contribution is 2.37. The summed E-state index contributed by atoms with van der Waals surface area (Å²) in [7, 11) is -2.52. The van der Waals surface area contributed by atoms with Gasteiger partial charge in [0.1, 0.15) is 6.04 Å². The number of carbonyl (C=O) groups is 2. The van der Waals surface area contributed by atoms with Gasteiger partial charge >= 0.3 is 0 Å². The maximum Gasteiger partial charge on any atom is 0.242 e. The molecule has 1 aliphatic rings. The van der Waals surface area contributed by atoms with Crippen LogP contribution in [-0.4, -0.2) is 52.7 Å². The number of nitrogens with one attached hydrogen (secondary N) is 2. The number of hydrogen-bond donors (Lipinski definition) is 5. The Bertz CT molecular complexity index is 558. The quantitative estimate of drug-likeness (QED) is 0.311. The average Bonchev–Trinajstić information content (AvgIpc) is 2.64. The van der Waals surface area contributed by atoms with Gasteiger partial charge in [0.25, 0.3) is 0 Å². The van der Waals surface area contributed by atoms with E-state index < -0.39 is 26.2 Å². The molecule has 0 aromatic carbocycles. The molecule has 0 spiro atoms. The molecule has 0 radical (unpaired) electrons. The van der Waals surface area contributed by atoms with E-state index in [2.05, 4.69) is 10.6 Å². The molecule has 0 heterocycles. The zero-order valence-electron chi connectivity index (χ0n) is 18.2. The molecular weight excluding hydrogens is 393 g/mol. The predicted octanol–water partition coefficient (Wildman–Crippen LogP) is 1.25. The zero-order chi connectivity index (χ0) is 22.1. The van der Waals surface area contributed by atoms with Crippen LogP contribution in [0.1, 0.15) is 59.8 Å². The van der Waals surface area contributed by atoms with Crippen LogP contribution in [0, 0.1) is 23.7 Å². The SMILES string of the molecule is CC(C)[C@H](N)C(=O)N[C@H](C(=O)NC[C@H](O)CC1CCCCC1C[PH](=O)O)C(C)C. The first-order chi connectivity index (χ1) is 13.5. The number of nitrogens with two attached hydrogens (primary N) is 1. The molecule has 8 nitrogen and oxygen atoms in total. The van der Waals surface area contributed by atoms with Crippen LogP contribution in [0.4, 0.5) is 0 Å². The van der Waals surface area contributed by atoms with E-state index in [0.717, 1.165) is 25.7 Å². The molecule has 1 aliphatic carbocycles. The van der Waals surface area contributed by atoms with Gasteiger partial charge in [-0.25, -0.2) is 0 Å². The predicted molar refractivity (Wildman–Crippen MR) is 115 cm³/mol. The summed E-state index contributed by atoms with van der Waals surface area (Å²) in [5.41, 5.74) is 5.86. The molecule has 0 saturated heterocycles. The van der Waals surface area contributed by atoms with Gasteiger partial charge in [0, 0.05) is 12.7 Å². The van der Waals surface area contributed by atoms with E-state index in [1.54, 1.807) is 0 Å². The van der Waals surface area contributed by atoms with Gasteiger partial charge in [0.2, 0.25) is 11.8 Å². The molecular formula is C20H40N3O5P.